The molecule has 0 radical (unpaired) electrons. The minimum Gasteiger partial charge on any atom is -0.391 e. The third-order valence-corrected chi connectivity index (χ3v) is 3.95. The van der Waals surface area contributed by atoms with Crippen LogP contribution in [0.3, 0.4) is 0 Å². The molecule has 0 amide bonds. The van der Waals surface area contributed by atoms with Crippen molar-refractivity contribution in [3.63, 3.8) is 0 Å². The zero-order valence-corrected chi connectivity index (χ0v) is 13.6. The molecule has 0 saturated carbocycles. The van der Waals surface area contributed by atoms with Crippen LogP contribution in [0.4, 0.5) is 0 Å². The van der Waals surface area contributed by atoms with Gasteiger partial charge in [0.05, 0.1) is 6.10 Å². The molecule has 3 nitrogen and oxygen atoms in total. The molecular formula is C21H22N2O. The fraction of sp³-hybridized carbons (Fsp3) is 0.190. The fourth-order valence-corrected chi connectivity index (χ4v) is 2.74. The predicted octanol–water partition coefficient (Wildman–Crippen LogP) is 3.44. The van der Waals surface area contributed by atoms with Crippen LogP contribution < -0.4 is 5.32 Å². The molecule has 122 valence electrons. The van der Waals surface area contributed by atoms with Gasteiger partial charge in [0.25, 0.3) is 0 Å². The summed E-state index contributed by atoms with van der Waals surface area (Å²) in [6, 6.07) is 22.5. The van der Waals surface area contributed by atoms with Gasteiger partial charge in [-0.05, 0) is 40.8 Å². The van der Waals surface area contributed by atoms with E-state index < -0.39 is 0 Å². The van der Waals surface area contributed by atoms with Crippen LogP contribution in [-0.4, -0.2) is 22.7 Å². The van der Waals surface area contributed by atoms with Gasteiger partial charge in [0.1, 0.15) is 0 Å². The van der Waals surface area contributed by atoms with E-state index in [9.17, 15) is 5.11 Å². The Balaban J connectivity index is 1.52. The normalized spacial score (nSPS) is 12.0. The highest BCUT2D eigenvalue weighted by atomic mass is 16.3. The first-order chi connectivity index (χ1) is 11.8. The summed E-state index contributed by atoms with van der Waals surface area (Å²) in [5.74, 6) is 0. The van der Waals surface area contributed by atoms with Crippen LogP contribution in [0.5, 0.6) is 0 Å². The molecule has 1 unspecified atom stereocenters. The van der Waals surface area contributed by atoms with Crippen LogP contribution in [0.25, 0.3) is 11.1 Å². The standard InChI is InChI=1S/C21H22N2O/c24-21(13-17-6-2-1-3-7-17)16-23-14-18-8-4-9-19(12-18)20-10-5-11-22-15-20/h1-12,15,21,23-24H,13-14,16H2. The zero-order valence-electron chi connectivity index (χ0n) is 13.6. The molecule has 0 aliphatic heterocycles. The molecule has 2 aromatic carbocycles. The molecule has 2 N–H and O–H groups in total. The largest absolute Gasteiger partial charge is 0.391 e. The van der Waals surface area contributed by atoms with Crippen LogP contribution >= 0.6 is 0 Å². The first kappa shape index (κ1) is 16.4. The molecule has 0 saturated heterocycles. The second-order valence-electron chi connectivity index (χ2n) is 5.92. The quantitative estimate of drug-likeness (QED) is 0.701. The van der Waals surface area contributed by atoms with E-state index in [1.165, 1.54) is 5.56 Å². The van der Waals surface area contributed by atoms with E-state index >= 15 is 0 Å². The molecule has 3 heteroatoms. The number of hydrogen-bond acceptors (Lipinski definition) is 3. The number of nitrogens with zero attached hydrogens (tertiary/aromatic N) is 1. The molecule has 0 bridgehead atoms. The summed E-state index contributed by atoms with van der Waals surface area (Å²) in [6.07, 6.45) is 3.94. The predicted molar refractivity (Wildman–Crippen MR) is 97.5 cm³/mol. The Bertz CT molecular complexity index is 744. The lowest BCUT2D eigenvalue weighted by Crippen LogP contribution is -2.28. The van der Waals surface area contributed by atoms with E-state index in [0.29, 0.717) is 13.0 Å². The molecular weight excluding hydrogens is 296 g/mol. The Hall–Kier alpha value is -2.49. The van der Waals surface area contributed by atoms with Crippen molar-refractivity contribution in [2.24, 2.45) is 0 Å². The second kappa shape index (κ2) is 8.39. The van der Waals surface area contributed by atoms with Gasteiger partial charge in [-0.2, -0.15) is 0 Å². The fourth-order valence-electron chi connectivity index (χ4n) is 2.74. The molecule has 0 aliphatic carbocycles. The van der Waals surface area contributed by atoms with E-state index in [2.05, 4.69) is 40.6 Å². The lowest BCUT2D eigenvalue weighted by Gasteiger charge is -2.12. The molecule has 1 aromatic heterocycles. The topological polar surface area (TPSA) is 45.1 Å². The van der Waals surface area contributed by atoms with Crippen LogP contribution in [0.15, 0.2) is 79.1 Å². The van der Waals surface area contributed by atoms with E-state index in [-0.39, 0.29) is 6.10 Å². The lowest BCUT2D eigenvalue weighted by atomic mass is 10.0. The van der Waals surface area contributed by atoms with Gasteiger partial charge < -0.3 is 10.4 Å². The Labute approximate surface area is 143 Å². The number of benzene rings is 2. The van der Waals surface area contributed by atoms with Gasteiger partial charge in [-0.15, -0.1) is 0 Å². The maximum Gasteiger partial charge on any atom is 0.0704 e. The Morgan fingerprint density at radius 2 is 1.67 bits per heavy atom. The third kappa shape index (κ3) is 4.75. The maximum atomic E-state index is 10.1. The Kier molecular flexibility index (Phi) is 5.72. The van der Waals surface area contributed by atoms with Crippen molar-refractivity contribution in [3.05, 3.63) is 90.3 Å². The highest BCUT2D eigenvalue weighted by Gasteiger charge is 2.05. The summed E-state index contributed by atoms with van der Waals surface area (Å²) < 4.78 is 0. The van der Waals surface area contributed by atoms with Crippen LogP contribution in [0.2, 0.25) is 0 Å². The second-order valence-corrected chi connectivity index (χ2v) is 5.92. The van der Waals surface area contributed by atoms with Gasteiger partial charge in [0.2, 0.25) is 0 Å². The SMILES string of the molecule is OC(CNCc1cccc(-c2cccnc2)c1)Cc1ccccc1. The molecule has 3 aromatic rings. The van der Waals surface area contributed by atoms with Crippen molar-refractivity contribution in [3.8, 4) is 11.1 Å². The van der Waals surface area contributed by atoms with Gasteiger partial charge in [0.15, 0.2) is 0 Å². The minimum absolute atomic E-state index is 0.381. The Morgan fingerprint density at radius 3 is 2.46 bits per heavy atom. The van der Waals surface area contributed by atoms with E-state index in [1.54, 1.807) is 6.20 Å². The molecule has 0 fully saturated rings. The Morgan fingerprint density at radius 1 is 0.875 bits per heavy atom. The molecule has 1 atom stereocenters. The van der Waals surface area contributed by atoms with Gasteiger partial charge >= 0.3 is 0 Å². The van der Waals surface area contributed by atoms with Crippen molar-refractivity contribution >= 4 is 0 Å². The highest BCUT2D eigenvalue weighted by Crippen LogP contribution is 2.19. The molecule has 1 heterocycles. The van der Waals surface area contributed by atoms with E-state index in [4.69, 9.17) is 0 Å². The van der Waals surface area contributed by atoms with Gasteiger partial charge in [-0.1, -0.05) is 54.6 Å². The van der Waals surface area contributed by atoms with Gasteiger partial charge in [-0.25, -0.2) is 0 Å². The van der Waals surface area contributed by atoms with Crippen molar-refractivity contribution in [1.82, 2.24) is 10.3 Å². The van der Waals surface area contributed by atoms with Crippen LogP contribution in [0, 0.1) is 0 Å². The minimum atomic E-state index is -0.381. The number of aromatic nitrogens is 1. The van der Waals surface area contributed by atoms with Crippen molar-refractivity contribution in [1.29, 1.82) is 0 Å². The first-order valence-corrected chi connectivity index (χ1v) is 8.23. The summed E-state index contributed by atoms with van der Waals surface area (Å²) >= 11 is 0. The third-order valence-electron chi connectivity index (χ3n) is 3.95. The molecule has 3 rings (SSSR count). The number of nitrogens with one attached hydrogen (secondary N) is 1. The lowest BCUT2D eigenvalue weighted by molar-refractivity contribution is 0.171. The highest BCUT2D eigenvalue weighted by molar-refractivity contribution is 5.62. The molecule has 0 spiro atoms. The van der Waals surface area contributed by atoms with Gasteiger partial charge in [-0.3, -0.25) is 4.98 Å². The first-order valence-electron chi connectivity index (χ1n) is 8.23. The summed E-state index contributed by atoms with van der Waals surface area (Å²) in [4.78, 5) is 4.17. The van der Waals surface area contributed by atoms with E-state index in [0.717, 1.165) is 23.2 Å². The summed E-state index contributed by atoms with van der Waals surface area (Å²) in [7, 11) is 0. The number of aliphatic hydroxyl groups excluding tert-OH is 1. The van der Waals surface area contributed by atoms with Crippen molar-refractivity contribution < 1.29 is 5.11 Å². The number of hydrogen-bond donors (Lipinski definition) is 2. The number of aliphatic hydroxyl groups is 1. The monoisotopic (exact) mass is 318 g/mol. The zero-order chi connectivity index (χ0) is 16.6. The summed E-state index contributed by atoms with van der Waals surface area (Å²) in [5, 5.41) is 13.5. The van der Waals surface area contributed by atoms with E-state index in [1.807, 2.05) is 42.6 Å². The van der Waals surface area contributed by atoms with Gasteiger partial charge in [0, 0.05) is 25.5 Å². The smallest absolute Gasteiger partial charge is 0.0704 e. The average Bonchev–Trinajstić information content (AvgIpc) is 2.63. The number of rotatable bonds is 7. The van der Waals surface area contributed by atoms with Crippen molar-refractivity contribution in [2.45, 2.75) is 19.1 Å². The average molecular weight is 318 g/mol. The summed E-state index contributed by atoms with van der Waals surface area (Å²) in [5.41, 5.74) is 4.63. The van der Waals surface area contributed by atoms with Crippen LogP contribution in [0.1, 0.15) is 11.1 Å². The summed E-state index contributed by atoms with van der Waals surface area (Å²) in [6.45, 7) is 1.31. The number of pyridine rings is 1. The molecule has 0 aliphatic rings. The van der Waals surface area contributed by atoms with Crippen LogP contribution in [-0.2, 0) is 13.0 Å². The molecule has 24 heavy (non-hydrogen) atoms. The van der Waals surface area contributed by atoms with Crippen molar-refractivity contribution in [2.75, 3.05) is 6.54 Å². The maximum absolute atomic E-state index is 10.1.